The first-order valence-corrected chi connectivity index (χ1v) is 7.56. The molecule has 102 valence electrons. The standard InChI is InChI=1S/C11H17ClN2O3S/c1-4-8(3)14(5-2)18(16,17)9-6-10(12)11(15)13-7-9/h6-8H,4-5H2,1-3H3,(H,13,15). The summed E-state index contributed by atoms with van der Waals surface area (Å²) >= 11 is 5.65. The number of rotatable bonds is 5. The first-order valence-electron chi connectivity index (χ1n) is 5.74. The summed E-state index contributed by atoms with van der Waals surface area (Å²) in [6.45, 7) is 5.90. The molecule has 0 fully saturated rings. The van der Waals surface area contributed by atoms with E-state index < -0.39 is 15.6 Å². The SMILES string of the molecule is CCC(C)N(CC)S(=O)(=O)c1c[nH]c(=O)c(Cl)c1. The van der Waals surface area contributed by atoms with Crippen molar-refractivity contribution in [1.82, 2.24) is 9.29 Å². The van der Waals surface area contributed by atoms with Crippen LogP contribution in [0.2, 0.25) is 5.02 Å². The van der Waals surface area contributed by atoms with E-state index >= 15 is 0 Å². The van der Waals surface area contributed by atoms with Crippen LogP contribution in [0.1, 0.15) is 27.2 Å². The van der Waals surface area contributed by atoms with Gasteiger partial charge in [-0.1, -0.05) is 25.4 Å². The van der Waals surface area contributed by atoms with Crippen molar-refractivity contribution in [2.24, 2.45) is 0 Å². The molecule has 0 amide bonds. The van der Waals surface area contributed by atoms with Crippen LogP contribution in [0.15, 0.2) is 22.0 Å². The first kappa shape index (κ1) is 15.2. The van der Waals surface area contributed by atoms with E-state index in [0.29, 0.717) is 13.0 Å². The van der Waals surface area contributed by atoms with E-state index in [4.69, 9.17) is 11.6 Å². The van der Waals surface area contributed by atoms with Crippen LogP contribution in [0.3, 0.4) is 0 Å². The van der Waals surface area contributed by atoms with Crippen molar-refractivity contribution in [3.63, 3.8) is 0 Å². The number of nitrogens with one attached hydrogen (secondary N) is 1. The molecule has 0 bridgehead atoms. The van der Waals surface area contributed by atoms with Gasteiger partial charge in [0.05, 0.1) is 4.90 Å². The maximum Gasteiger partial charge on any atom is 0.266 e. The molecule has 7 heteroatoms. The highest BCUT2D eigenvalue weighted by atomic mass is 35.5. The van der Waals surface area contributed by atoms with Gasteiger partial charge in [-0.25, -0.2) is 8.42 Å². The smallest absolute Gasteiger partial charge is 0.266 e. The Bertz CT molecular complexity index is 568. The van der Waals surface area contributed by atoms with Crippen LogP contribution in [0.5, 0.6) is 0 Å². The zero-order valence-corrected chi connectivity index (χ0v) is 12.2. The van der Waals surface area contributed by atoms with E-state index in [9.17, 15) is 13.2 Å². The van der Waals surface area contributed by atoms with Crippen LogP contribution in [0.25, 0.3) is 0 Å². The molecule has 0 spiro atoms. The lowest BCUT2D eigenvalue weighted by molar-refractivity contribution is 0.342. The van der Waals surface area contributed by atoms with Crippen LogP contribution in [-0.4, -0.2) is 30.3 Å². The Hall–Kier alpha value is -0.850. The summed E-state index contributed by atoms with van der Waals surface area (Å²) in [7, 11) is -3.62. The normalized spacial score (nSPS) is 13.8. The van der Waals surface area contributed by atoms with E-state index in [1.165, 1.54) is 16.6 Å². The Balaban J connectivity index is 3.27. The van der Waals surface area contributed by atoms with Gasteiger partial charge in [0.2, 0.25) is 10.0 Å². The number of pyridine rings is 1. The van der Waals surface area contributed by atoms with Gasteiger partial charge >= 0.3 is 0 Å². The largest absolute Gasteiger partial charge is 0.326 e. The van der Waals surface area contributed by atoms with Gasteiger partial charge in [-0.2, -0.15) is 4.31 Å². The molecule has 0 saturated heterocycles. The molecule has 5 nitrogen and oxygen atoms in total. The number of aromatic nitrogens is 1. The maximum atomic E-state index is 12.4. The van der Waals surface area contributed by atoms with Gasteiger partial charge in [-0.05, 0) is 19.4 Å². The van der Waals surface area contributed by atoms with E-state index in [-0.39, 0.29) is 16.0 Å². The average Bonchev–Trinajstić information content (AvgIpc) is 2.32. The van der Waals surface area contributed by atoms with Crippen molar-refractivity contribution in [3.8, 4) is 0 Å². The van der Waals surface area contributed by atoms with Crippen molar-refractivity contribution in [2.75, 3.05) is 6.54 Å². The molecule has 0 aromatic carbocycles. The molecule has 0 aliphatic heterocycles. The summed E-state index contributed by atoms with van der Waals surface area (Å²) < 4.78 is 26.1. The Morgan fingerprint density at radius 1 is 1.44 bits per heavy atom. The molecule has 0 saturated carbocycles. The predicted octanol–water partition coefficient (Wildman–Crippen LogP) is 1.84. The monoisotopic (exact) mass is 292 g/mol. The van der Waals surface area contributed by atoms with E-state index in [0.717, 1.165) is 0 Å². The zero-order chi connectivity index (χ0) is 13.9. The fourth-order valence-electron chi connectivity index (χ4n) is 1.64. The number of aromatic amines is 1. The zero-order valence-electron chi connectivity index (χ0n) is 10.6. The molecule has 1 heterocycles. The van der Waals surface area contributed by atoms with Gasteiger partial charge in [0.15, 0.2) is 0 Å². The lowest BCUT2D eigenvalue weighted by Gasteiger charge is -2.26. The fourth-order valence-corrected chi connectivity index (χ4v) is 3.59. The molecule has 1 aromatic heterocycles. The molecule has 1 N–H and O–H groups in total. The Kier molecular flexibility index (Phi) is 4.95. The van der Waals surface area contributed by atoms with Crippen LogP contribution in [-0.2, 0) is 10.0 Å². The van der Waals surface area contributed by atoms with Crippen molar-refractivity contribution < 1.29 is 8.42 Å². The number of hydrogen-bond acceptors (Lipinski definition) is 3. The third kappa shape index (κ3) is 2.93. The number of sulfonamides is 1. The topological polar surface area (TPSA) is 70.2 Å². The molecule has 1 atom stereocenters. The summed E-state index contributed by atoms with van der Waals surface area (Å²) in [6.07, 6.45) is 1.89. The van der Waals surface area contributed by atoms with Crippen LogP contribution >= 0.6 is 11.6 Å². The second-order valence-corrected chi connectivity index (χ2v) is 6.28. The third-order valence-corrected chi connectivity index (χ3v) is 5.18. The van der Waals surface area contributed by atoms with Gasteiger partial charge < -0.3 is 4.98 Å². The van der Waals surface area contributed by atoms with Gasteiger partial charge in [0.25, 0.3) is 5.56 Å². The second-order valence-electron chi connectivity index (χ2n) is 3.98. The van der Waals surface area contributed by atoms with E-state index in [1.54, 1.807) is 6.92 Å². The predicted molar refractivity (Wildman–Crippen MR) is 71.4 cm³/mol. The number of halogens is 1. The number of H-pyrrole nitrogens is 1. The molecule has 1 rings (SSSR count). The summed E-state index contributed by atoms with van der Waals surface area (Å²) in [5, 5.41) is -0.128. The van der Waals surface area contributed by atoms with Gasteiger partial charge in [-0.15, -0.1) is 0 Å². The van der Waals surface area contributed by atoms with Crippen LogP contribution < -0.4 is 5.56 Å². The quantitative estimate of drug-likeness (QED) is 0.900. The van der Waals surface area contributed by atoms with Gasteiger partial charge in [0.1, 0.15) is 5.02 Å². The maximum absolute atomic E-state index is 12.4. The summed E-state index contributed by atoms with van der Waals surface area (Å²) in [5.74, 6) is 0. The number of nitrogens with zero attached hydrogens (tertiary/aromatic N) is 1. The highest BCUT2D eigenvalue weighted by Gasteiger charge is 2.27. The third-order valence-electron chi connectivity index (χ3n) is 2.83. The van der Waals surface area contributed by atoms with Gasteiger partial charge in [0, 0.05) is 18.8 Å². The minimum atomic E-state index is -3.62. The lowest BCUT2D eigenvalue weighted by Crippen LogP contribution is -2.38. The summed E-state index contributed by atoms with van der Waals surface area (Å²) in [5.41, 5.74) is -0.498. The molecule has 0 aliphatic rings. The van der Waals surface area contributed by atoms with Crippen molar-refractivity contribution >= 4 is 21.6 Å². The van der Waals surface area contributed by atoms with E-state index in [2.05, 4.69) is 4.98 Å². The molecule has 1 aromatic rings. The highest BCUT2D eigenvalue weighted by Crippen LogP contribution is 2.19. The summed E-state index contributed by atoms with van der Waals surface area (Å²) in [6, 6.07) is 1.08. The van der Waals surface area contributed by atoms with Crippen molar-refractivity contribution in [3.05, 3.63) is 27.6 Å². The van der Waals surface area contributed by atoms with Crippen LogP contribution in [0, 0.1) is 0 Å². The van der Waals surface area contributed by atoms with Crippen molar-refractivity contribution in [1.29, 1.82) is 0 Å². The minimum absolute atomic E-state index is 0.00856. The average molecular weight is 293 g/mol. The first-order chi connectivity index (χ1) is 8.34. The summed E-state index contributed by atoms with van der Waals surface area (Å²) in [4.78, 5) is 13.5. The van der Waals surface area contributed by atoms with Gasteiger partial charge in [-0.3, -0.25) is 4.79 Å². The second kappa shape index (κ2) is 5.86. The van der Waals surface area contributed by atoms with Crippen molar-refractivity contribution in [2.45, 2.75) is 38.1 Å². The Morgan fingerprint density at radius 3 is 2.50 bits per heavy atom. The molecule has 1 unspecified atom stereocenters. The molecule has 18 heavy (non-hydrogen) atoms. The lowest BCUT2D eigenvalue weighted by atomic mass is 10.3. The number of hydrogen-bond donors (Lipinski definition) is 1. The molecular weight excluding hydrogens is 276 g/mol. The fraction of sp³-hybridized carbons (Fsp3) is 0.545. The van der Waals surface area contributed by atoms with E-state index in [1.807, 2.05) is 13.8 Å². The van der Waals surface area contributed by atoms with Crippen LogP contribution in [0.4, 0.5) is 0 Å². The highest BCUT2D eigenvalue weighted by molar-refractivity contribution is 7.89. The molecule has 0 aliphatic carbocycles. The molecular formula is C11H17ClN2O3S. The minimum Gasteiger partial charge on any atom is -0.326 e. The Morgan fingerprint density at radius 2 is 2.06 bits per heavy atom. The molecule has 0 radical (unpaired) electrons. The Labute approximate surface area is 112 Å².